The number of benzene rings is 4. The van der Waals surface area contributed by atoms with Crippen LogP contribution in [0.15, 0.2) is 102 Å². The van der Waals surface area contributed by atoms with Gasteiger partial charge >= 0.3 is 0 Å². The van der Waals surface area contributed by atoms with Gasteiger partial charge in [-0.05, 0) is 90.5 Å². The minimum absolute atomic E-state index is 0.0151. The molecule has 0 saturated heterocycles. The molecule has 0 aliphatic heterocycles. The monoisotopic (exact) mass is 603 g/mol. The highest BCUT2D eigenvalue weighted by Gasteiger charge is 2.19. The Morgan fingerprint density at radius 1 is 0.718 bits per heavy atom. The molecule has 0 fully saturated rings. The van der Waals surface area contributed by atoms with Crippen LogP contribution in [0, 0.1) is 0 Å². The Bertz CT molecular complexity index is 1680. The molecule has 202 valence electrons. The Morgan fingerprint density at radius 3 is 1.77 bits per heavy atom. The number of halogens is 2. The van der Waals surface area contributed by atoms with Gasteiger partial charge in [0, 0.05) is 27.0 Å². The number of amides is 1. The van der Waals surface area contributed by atoms with Crippen LogP contribution in [0.5, 0.6) is 0 Å². The maximum atomic E-state index is 12.8. The van der Waals surface area contributed by atoms with Gasteiger partial charge in [0.15, 0.2) is 0 Å². The summed E-state index contributed by atoms with van der Waals surface area (Å²) >= 11 is 11.8. The second kappa shape index (κ2) is 11.7. The van der Waals surface area contributed by atoms with Crippen molar-refractivity contribution >= 4 is 66.2 Å². The first-order valence-electron chi connectivity index (χ1n) is 11.4. The molecule has 4 rings (SSSR count). The highest BCUT2D eigenvalue weighted by atomic mass is 35.5. The highest BCUT2D eigenvalue weighted by Crippen LogP contribution is 2.24. The van der Waals surface area contributed by atoms with Gasteiger partial charge in [0.25, 0.3) is 15.9 Å². The summed E-state index contributed by atoms with van der Waals surface area (Å²) in [6.45, 7) is 0.101. The van der Waals surface area contributed by atoms with E-state index in [1.807, 2.05) is 0 Å². The van der Waals surface area contributed by atoms with Gasteiger partial charge in [-0.1, -0.05) is 35.3 Å². The number of carbonyl (C=O) groups excluding carboxylic acids is 1. The molecule has 0 unspecified atom stereocenters. The van der Waals surface area contributed by atoms with E-state index in [1.54, 1.807) is 60.7 Å². The number of hydrogen-bond acceptors (Lipinski definition) is 5. The predicted octanol–water partition coefficient (Wildman–Crippen LogP) is 6.01. The summed E-state index contributed by atoms with van der Waals surface area (Å²) in [6, 6.07) is 24.9. The van der Waals surface area contributed by atoms with E-state index in [0.29, 0.717) is 32.7 Å². The molecule has 0 heterocycles. The molecule has 1 amide bonds. The lowest BCUT2D eigenvalue weighted by Crippen LogP contribution is -2.29. The average molecular weight is 605 g/mol. The Kier molecular flexibility index (Phi) is 8.51. The number of anilines is 3. The summed E-state index contributed by atoms with van der Waals surface area (Å²) in [5, 5.41) is 3.74. The van der Waals surface area contributed by atoms with Crippen LogP contribution in [-0.2, 0) is 26.6 Å². The van der Waals surface area contributed by atoms with Crippen molar-refractivity contribution in [2.24, 2.45) is 0 Å². The number of carbonyl (C=O) groups is 1. The van der Waals surface area contributed by atoms with Crippen LogP contribution in [0.25, 0.3) is 0 Å². The third-order valence-corrected chi connectivity index (χ3v) is 8.62. The van der Waals surface area contributed by atoms with Crippen LogP contribution < -0.4 is 14.3 Å². The summed E-state index contributed by atoms with van der Waals surface area (Å²) in [4.78, 5) is 12.8. The van der Waals surface area contributed by atoms with Crippen molar-refractivity contribution in [3.8, 4) is 0 Å². The fourth-order valence-corrected chi connectivity index (χ4v) is 5.79. The first-order chi connectivity index (χ1) is 18.4. The molecule has 2 N–H and O–H groups in total. The second-order valence-electron chi connectivity index (χ2n) is 8.53. The molecule has 0 bridgehead atoms. The topological polar surface area (TPSA) is 113 Å². The quantitative estimate of drug-likeness (QED) is 0.243. The number of sulfonamides is 2. The van der Waals surface area contributed by atoms with E-state index in [4.69, 9.17) is 23.2 Å². The lowest BCUT2D eigenvalue weighted by molar-refractivity contribution is 0.102. The third kappa shape index (κ3) is 7.51. The van der Waals surface area contributed by atoms with Crippen molar-refractivity contribution in [3.05, 3.63) is 118 Å². The van der Waals surface area contributed by atoms with Gasteiger partial charge in [-0.15, -0.1) is 0 Å². The fraction of sp³-hybridized carbons (Fsp3) is 0.0741. The SMILES string of the molecule is CS(=O)(=O)N(Cc1ccc(Cl)cc1)c1ccc(C(=O)Nc2ccc(S(=O)(=O)Nc3ccc(Cl)cc3)cc2)cc1. The van der Waals surface area contributed by atoms with E-state index >= 15 is 0 Å². The molecule has 4 aromatic rings. The van der Waals surface area contributed by atoms with E-state index in [0.717, 1.165) is 11.8 Å². The Morgan fingerprint density at radius 2 is 1.23 bits per heavy atom. The summed E-state index contributed by atoms with van der Waals surface area (Å²) in [6.07, 6.45) is 1.11. The van der Waals surface area contributed by atoms with E-state index in [2.05, 4.69) is 10.0 Å². The largest absolute Gasteiger partial charge is 0.322 e. The molecule has 0 atom stereocenters. The van der Waals surface area contributed by atoms with Gasteiger partial charge in [0.1, 0.15) is 0 Å². The van der Waals surface area contributed by atoms with Crippen LogP contribution in [0.4, 0.5) is 17.1 Å². The molecular weight excluding hydrogens is 581 g/mol. The Balaban J connectivity index is 1.44. The molecule has 0 aliphatic carbocycles. The molecule has 0 radical (unpaired) electrons. The number of hydrogen-bond donors (Lipinski definition) is 2. The lowest BCUT2D eigenvalue weighted by Gasteiger charge is -2.23. The minimum Gasteiger partial charge on any atom is -0.322 e. The molecule has 0 aromatic heterocycles. The molecular formula is C27H23Cl2N3O5S2. The van der Waals surface area contributed by atoms with E-state index in [1.165, 1.54) is 40.7 Å². The van der Waals surface area contributed by atoms with Crippen molar-refractivity contribution in [1.82, 2.24) is 0 Å². The van der Waals surface area contributed by atoms with Gasteiger partial charge in [0.2, 0.25) is 10.0 Å². The van der Waals surface area contributed by atoms with Gasteiger partial charge in [-0.3, -0.25) is 13.8 Å². The number of nitrogens with zero attached hydrogens (tertiary/aromatic N) is 1. The standard InChI is InChI=1S/C27H23Cl2N3O5S2/c1-38(34,35)32(18-19-2-6-21(28)7-3-19)25-14-4-20(5-15-25)27(33)30-23-12-16-26(17-13-23)39(36,37)31-24-10-8-22(29)9-11-24/h2-17,31H,18H2,1H3,(H,30,33). The van der Waals surface area contributed by atoms with Gasteiger partial charge < -0.3 is 5.32 Å². The van der Waals surface area contributed by atoms with E-state index in [-0.39, 0.29) is 11.4 Å². The van der Waals surface area contributed by atoms with E-state index < -0.39 is 26.0 Å². The first kappa shape index (κ1) is 28.4. The van der Waals surface area contributed by atoms with E-state index in [9.17, 15) is 21.6 Å². The van der Waals surface area contributed by atoms with Gasteiger partial charge in [-0.2, -0.15) is 0 Å². The summed E-state index contributed by atoms with van der Waals surface area (Å²) in [5.41, 5.74) is 2.19. The number of nitrogens with one attached hydrogen (secondary N) is 2. The zero-order valence-electron chi connectivity index (χ0n) is 20.5. The van der Waals surface area contributed by atoms with Gasteiger partial charge in [0.05, 0.1) is 23.4 Å². The number of rotatable bonds is 9. The Hall–Kier alpha value is -3.57. The minimum atomic E-state index is -3.84. The molecule has 39 heavy (non-hydrogen) atoms. The molecule has 0 aliphatic rings. The average Bonchev–Trinajstić information content (AvgIpc) is 2.89. The normalized spacial score (nSPS) is 11.6. The maximum absolute atomic E-state index is 12.8. The van der Waals surface area contributed by atoms with Crippen molar-refractivity contribution in [2.45, 2.75) is 11.4 Å². The molecule has 0 saturated carbocycles. The Labute approximate surface area is 237 Å². The summed E-state index contributed by atoms with van der Waals surface area (Å²) in [7, 11) is -7.45. The lowest BCUT2D eigenvalue weighted by atomic mass is 10.1. The molecule has 12 heteroatoms. The zero-order valence-corrected chi connectivity index (χ0v) is 23.7. The van der Waals surface area contributed by atoms with Crippen LogP contribution in [-0.4, -0.2) is 29.0 Å². The maximum Gasteiger partial charge on any atom is 0.261 e. The zero-order chi connectivity index (χ0) is 28.2. The van der Waals surface area contributed by atoms with Gasteiger partial charge in [-0.25, -0.2) is 16.8 Å². The highest BCUT2D eigenvalue weighted by molar-refractivity contribution is 7.92. The fourth-order valence-electron chi connectivity index (χ4n) is 3.59. The van der Waals surface area contributed by atoms with Crippen LogP contribution in [0.2, 0.25) is 10.0 Å². The smallest absolute Gasteiger partial charge is 0.261 e. The molecule has 0 spiro atoms. The summed E-state index contributed by atoms with van der Waals surface area (Å²) < 4.78 is 53.9. The molecule has 8 nitrogen and oxygen atoms in total. The summed E-state index contributed by atoms with van der Waals surface area (Å²) in [5.74, 6) is -0.444. The van der Waals surface area contributed by atoms with Crippen LogP contribution >= 0.6 is 23.2 Å². The first-order valence-corrected chi connectivity index (χ1v) is 15.5. The van der Waals surface area contributed by atoms with Crippen molar-refractivity contribution in [2.75, 3.05) is 20.6 Å². The van der Waals surface area contributed by atoms with Crippen molar-refractivity contribution < 1.29 is 21.6 Å². The van der Waals surface area contributed by atoms with Crippen molar-refractivity contribution in [3.63, 3.8) is 0 Å². The molecule has 4 aromatic carbocycles. The van der Waals surface area contributed by atoms with Crippen LogP contribution in [0.3, 0.4) is 0 Å². The van der Waals surface area contributed by atoms with Crippen LogP contribution in [0.1, 0.15) is 15.9 Å². The van der Waals surface area contributed by atoms with Crippen molar-refractivity contribution in [1.29, 1.82) is 0 Å². The third-order valence-electron chi connectivity index (χ3n) is 5.58. The predicted molar refractivity (Wildman–Crippen MR) is 156 cm³/mol. The second-order valence-corrected chi connectivity index (χ2v) is 13.0.